The van der Waals surface area contributed by atoms with Gasteiger partial charge in [-0.05, 0) is 50.6 Å². The number of thiazole rings is 1. The van der Waals surface area contributed by atoms with E-state index in [0.29, 0.717) is 6.54 Å². The van der Waals surface area contributed by atoms with E-state index in [1.165, 1.54) is 4.88 Å². The number of rotatable bonds is 4. The molecule has 3 nitrogen and oxygen atoms in total. The largest absolute Gasteiger partial charge is 0.496 e. The quantitative estimate of drug-likeness (QED) is 0.921. The summed E-state index contributed by atoms with van der Waals surface area (Å²) in [6, 6.07) is 6.16. The van der Waals surface area contributed by atoms with Crippen molar-refractivity contribution in [2.45, 2.75) is 20.3 Å². The highest BCUT2D eigenvalue weighted by atomic mass is 32.1. The Morgan fingerprint density at radius 3 is 2.72 bits per heavy atom. The SMILES string of the molecule is COc1ccc(-c2nc(C)c(CCN)s2)cc1C. The van der Waals surface area contributed by atoms with Gasteiger partial charge in [0.1, 0.15) is 10.8 Å². The van der Waals surface area contributed by atoms with Crippen molar-refractivity contribution >= 4 is 11.3 Å². The second-order valence-electron chi connectivity index (χ2n) is 4.25. The summed E-state index contributed by atoms with van der Waals surface area (Å²) >= 11 is 1.73. The van der Waals surface area contributed by atoms with Crippen molar-refractivity contribution < 1.29 is 4.74 Å². The number of nitrogens with zero attached hydrogens (tertiary/aromatic N) is 1. The fourth-order valence-electron chi connectivity index (χ4n) is 1.93. The molecule has 0 bridgehead atoms. The summed E-state index contributed by atoms with van der Waals surface area (Å²) in [5.74, 6) is 0.911. The zero-order chi connectivity index (χ0) is 13.1. The summed E-state index contributed by atoms with van der Waals surface area (Å²) < 4.78 is 5.27. The van der Waals surface area contributed by atoms with Crippen LogP contribution in [-0.2, 0) is 6.42 Å². The van der Waals surface area contributed by atoms with Crippen molar-refractivity contribution in [2.75, 3.05) is 13.7 Å². The number of methoxy groups -OCH3 is 1. The van der Waals surface area contributed by atoms with E-state index in [1.54, 1.807) is 18.4 Å². The Morgan fingerprint density at radius 1 is 1.33 bits per heavy atom. The molecule has 1 aromatic heterocycles. The van der Waals surface area contributed by atoms with E-state index in [4.69, 9.17) is 10.5 Å². The van der Waals surface area contributed by atoms with E-state index < -0.39 is 0 Å². The van der Waals surface area contributed by atoms with Crippen molar-refractivity contribution in [1.29, 1.82) is 0 Å². The number of benzene rings is 1. The van der Waals surface area contributed by atoms with Crippen molar-refractivity contribution in [3.8, 4) is 16.3 Å². The molecule has 0 aliphatic heterocycles. The van der Waals surface area contributed by atoms with Crippen molar-refractivity contribution in [2.24, 2.45) is 5.73 Å². The van der Waals surface area contributed by atoms with Gasteiger partial charge < -0.3 is 10.5 Å². The maximum atomic E-state index is 5.60. The molecular formula is C14H18N2OS. The van der Waals surface area contributed by atoms with Gasteiger partial charge in [-0.1, -0.05) is 0 Å². The summed E-state index contributed by atoms with van der Waals surface area (Å²) in [5.41, 5.74) is 8.96. The Hall–Kier alpha value is -1.39. The van der Waals surface area contributed by atoms with Crippen LogP contribution in [0, 0.1) is 13.8 Å². The van der Waals surface area contributed by atoms with E-state index in [-0.39, 0.29) is 0 Å². The Kier molecular flexibility index (Phi) is 3.99. The molecule has 0 unspecified atom stereocenters. The highest BCUT2D eigenvalue weighted by Crippen LogP contribution is 2.31. The number of hydrogen-bond acceptors (Lipinski definition) is 4. The molecule has 18 heavy (non-hydrogen) atoms. The Balaban J connectivity index is 2.36. The summed E-state index contributed by atoms with van der Waals surface area (Å²) in [7, 11) is 1.69. The maximum Gasteiger partial charge on any atom is 0.123 e. The van der Waals surface area contributed by atoms with E-state index in [1.807, 2.05) is 19.9 Å². The van der Waals surface area contributed by atoms with Crippen LogP contribution < -0.4 is 10.5 Å². The minimum absolute atomic E-state index is 0.671. The number of ether oxygens (including phenoxy) is 1. The molecule has 2 aromatic rings. The predicted octanol–water partition coefficient (Wildman–Crippen LogP) is 2.94. The smallest absolute Gasteiger partial charge is 0.123 e. The molecule has 0 amide bonds. The molecule has 0 atom stereocenters. The number of nitrogens with two attached hydrogens (primary N) is 1. The van der Waals surface area contributed by atoms with E-state index >= 15 is 0 Å². The van der Waals surface area contributed by atoms with Crippen LogP contribution in [0.25, 0.3) is 10.6 Å². The first kappa shape index (κ1) is 13.1. The van der Waals surface area contributed by atoms with Crippen LogP contribution in [0.15, 0.2) is 18.2 Å². The Bertz CT molecular complexity index is 549. The van der Waals surface area contributed by atoms with E-state index in [0.717, 1.165) is 34.0 Å². The van der Waals surface area contributed by atoms with Gasteiger partial charge >= 0.3 is 0 Å². The molecule has 2 N–H and O–H groups in total. The third-order valence-electron chi connectivity index (χ3n) is 2.91. The predicted molar refractivity (Wildman–Crippen MR) is 76.3 cm³/mol. The van der Waals surface area contributed by atoms with E-state index in [2.05, 4.69) is 17.1 Å². The fourth-order valence-corrected chi connectivity index (χ4v) is 3.00. The fraction of sp³-hybridized carbons (Fsp3) is 0.357. The van der Waals surface area contributed by atoms with Gasteiger partial charge in [0, 0.05) is 10.4 Å². The third-order valence-corrected chi connectivity index (χ3v) is 4.17. The number of aromatic nitrogens is 1. The van der Waals surface area contributed by atoms with Crippen LogP contribution in [0.4, 0.5) is 0 Å². The molecule has 1 aromatic carbocycles. The molecule has 0 fully saturated rings. The second-order valence-corrected chi connectivity index (χ2v) is 5.33. The topological polar surface area (TPSA) is 48.1 Å². The minimum Gasteiger partial charge on any atom is -0.496 e. The molecule has 0 aliphatic rings. The summed E-state index contributed by atoms with van der Waals surface area (Å²) in [6.07, 6.45) is 0.901. The van der Waals surface area contributed by atoms with E-state index in [9.17, 15) is 0 Å². The molecule has 4 heteroatoms. The van der Waals surface area contributed by atoms with Crippen LogP contribution in [0.5, 0.6) is 5.75 Å². The molecule has 0 aliphatic carbocycles. The van der Waals surface area contributed by atoms with Gasteiger partial charge in [0.05, 0.1) is 12.8 Å². The Labute approximate surface area is 112 Å². The summed E-state index contributed by atoms with van der Waals surface area (Å²) in [5, 5.41) is 1.06. The van der Waals surface area contributed by atoms with Gasteiger partial charge in [-0.3, -0.25) is 0 Å². The third kappa shape index (κ3) is 2.54. The summed E-state index contributed by atoms with van der Waals surface area (Å²) in [4.78, 5) is 5.90. The van der Waals surface area contributed by atoms with Gasteiger partial charge in [0.15, 0.2) is 0 Å². The van der Waals surface area contributed by atoms with Gasteiger partial charge in [-0.2, -0.15) is 0 Å². The van der Waals surface area contributed by atoms with Crippen LogP contribution in [0.1, 0.15) is 16.1 Å². The molecule has 0 saturated heterocycles. The van der Waals surface area contributed by atoms with Crippen LogP contribution in [-0.4, -0.2) is 18.6 Å². The summed E-state index contributed by atoms with van der Waals surface area (Å²) in [6.45, 7) is 4.76. The highest BCUT2D eigenvalue weighted by Gasteiger charge is 2.10. The van der Waals surface area contributed by atoms with Gasteiger partial charge in [0.2, 0.25) is 0 Å². The molecule has 2 rings (SSSR count). The first-order valence-electron chi connectivity index (χ1n) is 5.97. The molecule has 0 spiro atoms. The first-order chi connectivity index (χ1) is 8.65. The van der Waals surface area contributed by atoms with Crippen molar-refractivity contribution in [3.63, 3.8) is 0 Å². The van der Waals surface area contributed by atoms with Gasteiger partial charge in [-0.15, -0.1) is 11.3 Å². The molecule has 1 heterocycles. The number of aryl methyl sites for hydroxylation is 2. The normalized spacial score (nSPS) is 10.7. The second kappa shape index (κ2) is 5.50. The van der Waals surface area contributed by atoms with Crippen molar-refractivity contribution in [3.05, 3.63) is 34.3 Å². The monoisotopic (exact) mass is 262 g/mol. The van der Waals surface area contributed by atoms with Crippen LogP contribution in [0.2, 0.25) is 0 Å². The van der Waals surface area contributed by atoms with Crippen LogP contribution in [0.3, 0.4) is 0 Å². The molecule has 0 saturated carbocycles. The maximum absolute atomic E-state index is 5.60. The average molecular weight is 262 g/mol. The van der Waals surface area contributed by atoms with Gasteiger partial charge in [0.25, 0.3) is 0 Å². The zero-order valence-electron chi connectivity index (χ0n) is 11.0. The van der Waals surface area contributed by atoms with Gasteiger partial charge in [-0.25, -0.2) is 4.98 Å². The standard InChI is InChI=1S/C14H18N2OS/c1-9-8-11(4-5-12(9)17-3)14-16-10(2)13(18-14)6-7-15/h4-5,8H,6-7,15H2,1-3H3. The lowest BCUT2D eigenvalue weighted by molar-refractivity contribution is 0.412. The lowest BCUT2D eigenvalue weighted by Crippen LogP contribution is -2.01. The number of hydrogen-bond donors (Lipinski definition) is 1. The first-order valence-corrected chi connectivity index (χ1v) is 6.78. The zero-order valence-corrected chi connectivity index (χ0v) is 11.8. The lowest BCUT2D eigenvalue weighted by Gasteiger charge is -2.05. The highest BCUT2D eigenvalue weighted by molar-refractivity contribution is 7.15. The van der Waals surface area contributed by atoms with Crippen LogP contribution >= 0.6 is 11.3 Å². The Morgan fingerprint density at radius 2 is 2.11 bits per heavy atom. The molecule has 0 radical (unpaired) electrons. The average Bonchev–Trinajstić information content (AvgIpc) is 2.71. The molecular weight excluding hydrogens is 244 g/mol. The lowest BCUT2D eigenvalue weighted by atomic mass is 10.1. The minimum atomic E-state index is 0.671. The van der Waals surface area contributed by atoms with Crippen molar-refractivity contribution in [1.82, 2.24) is 4.98 Å². The molecule has 96 valence electrons.